The number of hydrogen-bond acceptors (Lipinski definition) is 9. The Morgan fingerprint density at radius 2 is 1.73 bits per heavy atom. The minimum atomic E-state index is -0.570. The summed E-state index contributed by atoms with van der Waals surface area (Å²) in [6.45, 7) is 0. The highest BCUT2D eigenvalue weighted by Crippen LogP contribution is 2.59. The molecule has 4 heterocycles. The summed E-state index contributed by atoms with van der Waals surface area (Å²) < 4.78 is 32.3. The van der Waals surface area contributed by atoms with Gasteiger partial charge in [0, 0.05) is 36.8 Å². The Morgan fingerprint density at radius 1 is 1.00 bits per heavy atom. The van der Waals surface area contributed by atoms with Crippen LogP contribution in [0.15, 0.2) is 16.7 Å². The second-order valence-electron chi connectivity index (χ2n) is 12.9. The maximum atomic E-state index is 14.8. The van der Waals surface area contributed by atoms with Crippen LogP contribution in [0.2, 0.25) is 0 Å². The Bertz CT molecular complexity index is 1520. The number of ether oxygens (including phenoxy) is 2. The van der Waals surface area contributed by atoms with Gasteiger partial charge in [-0.3, -0.25) is 0 Å². The number of rotatable bonds is 6. The van der Waals surface area contributed by atoms with Crippen LogP contribution in [0.3, 0.4) is 0 Å². The van der Waals surface area contributed by atoms with Crippen molar-refractivity contribution < 1.29 is 28.0 Å². The van der Waals surface area contributed by atoms with Gasteiger partial charge in [-0.15, -0.1) is 0 Å². The van der Waals surface area contributed by atoms with E-state index in [4.69, 9.17) is 14.0 Å². The smallest absolute Gasteiger partial charge is 0.344 e. The summed E-state index contributed by atoms with van der Waals surface area (Å²) in [6, 6.07) is 3.15. The van der Waals surface area contributed by atoms with Crippen molar-refractivity contribution in [3.8, 4) is 0 Å². The van der Waals surface area contributed by atoms with E-state index in [9.17, 15) is 14.0 Å². The van der Waals surface area contributed by atoms with Crippen molar-refractivity contribution in [2.75, 3.05) is 12.0 Å². The molecule has 5 aliphatic rings. The summed E-state index contributed by atoms with van der Waals surface area (Å²) in [6.07, 6.45) is 12.5. The van der Waals surface area contributed by atoms with Gasteiger partial charge in [-0.1, -0.05) is 16.5 Å². The zero-order valence-electron chi connectivity index (χ0n) is 23.2. The van der Waals surface area contributed by atoms with Crippen LogP contribution in [-0.4, -0.2) is 47.4 Å². The maximum absolute atomic E-state index is 14.8. The molecule has 8 rings (SSSR count). The van der Waals surface area contributed by atoms with Crippen LogP contribution in [0.4, 0.5) is 9.52 Å². The van der Waals surface area contributed by atoms with Crippen molar-refractivity contribution in [2.45, 2.75) is 107 Å². The fourth-order valence-corrected chi connectivity index (χ4v) is 8.84. The van der Waals surface area contributed by atoms with E-state index in [1.54, 1.807) is 6.07 Å². The molecule has 3 aliphatic carbocycles. The number of carbonyl (C=O) groups excluding carboxylic acids is 2. The summed E-state index contributed by atoms with van der Waals surface area (Å²) in [5.41, 5.74) is 2.47. The molecule has 1 spiro atoms. The average molecular weight is 580 g/mol. The minimum absolute atomic E-state index is 0.160. The fourth-order valence-electron chi connectivity index (χ4n) is 7.67. The van der Waals surface area contributed by atoms with Crippen molar-refractivity contribution in [2.24, 2.45) is 5.41 Å². The predicted octanol–water partition coefficient (Wildman–Crippen LogP) is 6.88. The van der Waals surface area contributed by atoms with Crippen LogP contribution < -0.4 is 4.90 Å². The van der Waals surface area contributed by atoms with Gasteiger partial charge in [0.2, 0.25) is 0 Å². The molecule has 5 fully saturated rings. The van der Waals surface area contributed by atoms with Gasteiger partial charge in [-0.25, -0.2) is 19.0 Å². The first-order chi connectivity index (χ1) is 19.9. The molecule has 2 aliphatic heterocycles. The van der Waals surface area contributed by atoms with Crippen LogP contribution in [-0.2, 0) is 9.47 Å². The number of benzene rings is 1. The number of thiazole rings is 1. The highest BCUT2D eigenvalue weighted by atomic mass is 32.1. The standard InChI is InChI=1S/C31H34FN3O5S/c1-38-28(36)18-12-22(32)26-23(13-18)41-30(33-26)35-19-4-5-20(35)15-21(14-19)39-29(37)24-25(34-40-27(24)17-2-3-17)16-6-8-31(9-7-16)10-11-31/h12-13,16-17,19-21H,2-11,14-15H2,1H3/t19-,20+,21+. The quantitative estimate of drug-likeness (QED) is 0.292. The van der Waals surface area contributed by atoms with Crippen LogP contribution in [0, 0.1) is 11.2 Å². The van der Waals surface area contributed by atoms with Gasteiger partial charge in [-0.2, -0.15) is 0 Å². The number of anilines is 1. The van der Waals surface area contributed by atoms with Gasteiger partial charge in [0.1, 0.15) is 22.9 Å². The van der Waals surface area contributed by atoms with E-state index in [-0.39, 0.29) is 47.1 Å². The van der Waals surface area contributed by atoms with Gasteiger partial charge in [0.25, 0.3) is 0 Å². The molecule has 3 saturated carbocycles. The third-order valence-electron chi connectivity index (χ3n) is 10.3. The monoisotopic (exact) mass is 579 g/mol. The molecular weight excluding hydrogens is 545 g/mol. The summed E-state index contributed by atoms with van der Waals surface area (Å²) in [4.78, 5) is 32.6. The highest BCUT2D eigenvalue weighted by Gasteiger charge is 2.48. The van der Waals surface area contributed by atoms with Gasteiger partial charge in [0.15, 0.2) is 16.7 Å². The number of hydrogen-bond donors (Lipinski definition) is 0. The van der Waals surface area contributed by atoms with Gasteiger partial charge in [0.05, 0.1) is 17.4 Å². The van der Waals surface area contributed by atoms with Crippen LogP contribution in [0.5, 0.6) is 0 Å². The zero-order valence-corrected chi connectivity index (χ0v) is 24.0. The predicted molar refractivity (Wildman–Crippen MR) is 150 cm³/mol. The number of piperidine rings is 1. The van der Waals surface area contributed by atoms with E-state index in [0.29, 0.717) is 28.5 Å². The van der Waals surface area contributed by atoms with Crippen LogP contribution in [0.25, 0.3) is 10.2 Å². The molecule has 2 aromatic heterocycles. The number of methoxy groups -OCH3 is 1. The van der Waals surface area contributed by atoms with E-state index >= 15 is 0 Å². The number of esters is 2. The Kier molecular flexibility index (Phi) is 5.95. The van der Waals surface area contributed by atoms with Gasteiger partial charge >= 0.3 is 11.9 Å². The molecule has 1 aromatic carbocycles. The molecule has 216 valence electrons. The molecule has 3 atom stereocenters. The lowest BCUT2D eigenvalue weighted by atomic mass is 9.77. The molecular formula is C31H34FN3O5S. The Labute approximate surface area is 241 Å². The van der Waals surface area contributed by atoms with E-state index in [1.807, 2.05) is 0 Å². The molecule has 0 unspecified atom stereocenters. The summed E-state index contributed by atoms with van der Waals surface area (Å²) in [7, 11) is 1.28. The maximum Gasteiger partial charge on any atom is 0.344 e. The second kappa shape index (κ2) is 9.51. The van der Waals surface area contributed by atoms with E-state index in [2.05, 4.69) is 15.0 Å². The molecule has 2 saturated heterocycles. The average Bonchev–Trinajstić information content (AvgIpc) is 3.84. The van der Waals surface area contributed by atoms with Crippen molar-refractivity contribution in [3.05, 3.63) is 40.5 Å². The van der Waals surface area contributed by atoms with Crippen LogP contribution in [0.1, 0.15) is 121 Å². The Hall–Kier alpha value is -3.01. The molecule has 8 nitrogen and oxygen atoms in total. The van der Waals surface area contributed by atoms with E-state index in [1.165, 1.54) is 50.2 Å². The number of carbonyl (C=O) groups is 2. The van der Waals surface area contributed by atoms with E-state index in [0.717, 1.165) is 55.1 Å². The molecule has 0 N–H and O–H groups in total. The zero-order chi connectivity index (χ0) is 27.9. The number of halogens is 1. The first-order valence-electron chi connectivity index (χ1n) is 15.1. The van der Waals surface area contributed by atoms with Crippen LogP contribution >= 0.6 is 11.3 Å². The first kappa shape index (κ1) is 25.7. The molecule has 0 amide bonds. The first-order valence-corrected chi connectivity index (χ1v) is 15.9. The molecule has 0 radical (unpaired) electrons. The highest BCUT2D eigenvalue weighted by molar-refractivity contribution is 7.22. The summed E-state index contributed by atoms with van der Waals surface area (Å²) in [5.74, 6) is -0.0704. The van der Waals surface area contributed by atoms with Crippen molar-refractivity contribution in [3.63, 3.8) is 0 Å². The second-order valence-corrected chi connectivity index (χ2v) is 13.9. The molecule has 3 aromatic rings. The van der Waals surface area contributed by atoms with E-state index < -0.39 is 11.8 Å². The Morgan fingerprint density at radius 3 is 2.39 bits per heavy atom. The SMILES string of the molecule is COC(=O)c1cc(F)c2nc(N3[C@@H]4CC[C@H]3C[C@@H](OC(=O)c3c(C5CCC6(CC5)CC6)noc3C3CC3)C4)sc2c1. The lowest BCUT2D eigenvalue weighted by Crippen LogP contribution is -2.46. The minimum Gasteiger partial charge on any atom is -0.465 e. The molecule has 10 heteroatoms. The Balaban J connectivity index is 0.999. The lowest BCUT2D eigenvalue weighted by Gasteiger charge is -2.38. The normalized spacial score (nSPS) is 27.0. The van der Waals surface area contributed by atoms with Crippen molar-refractivity contribution in [1.29, 1.82) is 0 Å². The number of aromatic nitrogens is 2. The summed E-state index contributed by atoms with van der Waals surface area (Å²) in [5, 5.41) is 5.23. The fraction of sp³-hybridized carbons (Fsp3) is 0.613. The van der Waals surface area contributed by atoms with Crippen molar-refractivity contribution in [1.82, 2.24) is 10.1 Å². The molecule has 2 bridgehead atoms. The molecule has 41 heavy (non-hydrogen) atoms. The largest absolute Gasteiger partial charge is 0.465 e. The summed E-state index contributed by atoms with van der Waals surface area (Å²) >= 11 is 1.39. The number of nitrogens with zero attached hydrogens (tertiary/aromatic N) is 3. The third-order valence-corrected chi connectivity index (χ3v) is 11.3. The number of fused-ring (bicyclic) bond motifs is 3. The lowest BCUT2D eigenvalue weighted by molar-refractivity contribution is 0.0199. The van der Waals surface area contributed by atoms with Crippen molar-refractivity contribution >= 4 is 38.6 Å². The van der Waals surface area contributed by atoms with Gasteiger partial charge in [-0.05, 0) is 81.8 Å². The topological polar surface area (TPSA) is 94.8 Å². The third kappa shape index (κ3) is 4.44. The van der Waals surface area contributed by atoms with Gasteiger partial charge < -0.3 is 18.9 Å².